The standard InChI is InChI=1S/C20H18FNO3/c21-13-7-5-11(6-8-13)16(20(24)25)10-22-19(23)18-15-9-12-3-1-2-4-14(12)17(15)18/h1-8,15-18H,9-10H2,(H,22,23)(H,24,25). The average Bonchev–Trinajstić information content (AvgIpc) is 3.18. The van der Waals surface area contributed by atoms with Gasteiger partial charge < -0.3 is 10.4 Å². The number of carboxylic acid groups (broad SMARTS) is 1. The number of halogens is 1. The van der Waals surface area contributed by atoms with E-state index in [4.69, 9.17) is 0 Å². The number of benzene rings is 2. The van der Waals surface area contributed by atoms with Gasteiger partial charge in [0.15, 0.2) is 0 Å². The zero-order chi connectivity index (χ0) is 17.6. The molecular formula is C20H18FNO3. The molecule has 4 nitrogen and oxygen atoms in total. The molecule has 2 N–H and O–H groups in total. The molecule has 128 valence electrons. The zero-order valence-electron chi connectivity index (χ0n) is 13.5. The van der Waals surface area contributed by atoms with Gasteiger partial charge in [-0.3, -0.25) is 9.59 Å². The molecule has 2 aliphatic rings. The number of carboxylic acids is 1. The fraction of sp³-hybridized carbons (Fsp3) is 0.300. The van der Waals surface area contributed by atoms with E-state index in [0.717, 1.165) is 6.42 Å². The van der Waals surface area contributed by atoms with Crippen LogP contribution in [0.2, 0.25) is 0 Å². The van der Waals surface area contributed by atoms with Crippen molar-refractivity contribution in [2.45, 2.75) is 18.3 Å². The molecule has 0 spiro atoms. The van der Waals surface area contributed by atoms with Crippen LogP contribution in [0.4, 0.5) is 4.39 Å². The Labute approximate surface area is 144 Å². The fourth-order valence-electron chi connectivity index (χ4n) is 4.07. The Morgan fingerprint density at radius 1 is 1.16 bits per heavy atom. The highest BCUT2D eigenvalue weighted by atomic mass is 19.1. The van der Waals surface area contributed by atoms with Crippen molar-refractivity contribution in [1.29, 1.82) is 0 Å². The van der Waals surface area contributed by atoms with Crippen molar-refractivity contribution in [1.82, 2.24) is 5.32 Å². The summed E-state index contributed by atoms with van der Waals surface area (Å²) in [6.45, 7) is 0.0113. The molecule has 5 heteroatoms. The van der Waals surface area contributed by atoms with Gasteiger partial charge in [-0.2, -0.15) is 0 Å². The summed E-state index contributed by atoms with van der Waals surface area (Å²) in [7, 11) is 0. The van der Waals surface area contributed by atoms with E-state index in [-0.39, 0.29) is 24.3 Å². The van der Waals surface area contributed by atoms with E-state index in [2.05, 4.69) is 17.4 Å². The summed E-state index contributed by atoms with van der Waals surface area (Å²) in [6, 6.07) is 13.5. The molecular weight excluding hydrogens is 321 g/mol. The minimum absolute atomic E-state index is 0.0113. The quantitative estimate of drug-likeness (QED) is 0.880. The molecule has 1 amide bonds. The van der Waals surface area contributed by atoms with Crippen molar-refractivity contribution in [3.63, 3.8) is 0 Å². The van der Waals surface area contributed by atoms with Gasteiger partial charge in [0, 0.05) is 12.5 Å². The summed E-state index contributed by atoms with van der Waals surface area (Å²) in [5.41, 5.74) is 3.05. The summed E-state index contributed by atoms with van der Waals surface area (Å²) in [5, 5.41) is 12.2. The molecule has 2 aliphatic carbocycles. The highest BCUT2D eigenvalue weighted by Crippen LogP contribution is 2.61. The summed E-state index contributed by atoms with van der Waals surface area (Å²) in [5.74, 6) is -1.86. The van der Waals surface area contributed by atoms with Gasteiger partial charge in [-0.1, -0.05) is 36.4 Å². The normalized spacial score (nSPS) is 24.1. The van der Waals surface area contributed by atoms with E-state index in [9.17, 15) is 19.1 Å². The molecule has 0 aromatic heterocycles. The largest absolute Gasteiger partial charge is 0.481 e. The predicted molar refractivity (Wildman–Crippen MR) is 89.7 cm³/mol. The first-order valence-corrected chi connectivity index (χ1v) is 8.40. The van der Waals surface area contributed by atoms with Crippen LogP contribution in [-0.2, 0) is 16.0 Å². The Kier molecular flexibility index (Phi) is 3.79. The van der Waals surface area contributed by atoms with Crippen molar-refractivity contribution < 1.29 is 19.1 Å². The van der Waals surface area contributed by atoms with Crippen molar-refractivity contribution in [2.75, 3.05) is 6.54 Å². The zero-order valence-corrected chi connectivity index (χ0v) is 13.5. The number of aliphatic carboxylic acids is 1. The van der Waals surface area contributed by atoms with Gasteiger partial charge in [0.1, 0.15) is 5.82 Å². The van der Waals surface area contributed by atoms with Gasteiger partial charge in [0.05, 0.1) is 5.92 Å². The Balaban J connectivity index is 1.40. The van der Waals surface area contributed by atoms with E-state index < -0.39 is 17.7 Å². The number of hydrogen-bond donors (Lipinski definition) is 2. The number of carbonyl (C=O) groups excluding carboxylic acids is 1. The average molecular weight is 339 g/mol. The van der Waals surface area contributed by atoms with Crippen LogP contribution in [0.3, 0.4) is 0 Å². The van der Waals surface area contributed by atoms with Crippen molar-refractivity contribution in [3.8, 4) is 0 Å². The van der Waals surface area contributed by atoms with Crippen LogP contribution in [0.15, 0.2) is 48.5 Å². The molecule has 4 unspecified atom stereocenters. The Bertz CT molecular complexity index is 833. The second-order valence-electron chi connectivity index (χ2n) is 6.81. The Hall–Kier alpha value is -2.69. The SMILES string of the molecule is O=C(O)C(CNC(=O)C1C2Cc3ccccc3C21)c1ccc(F)cc1. The van der Waals surface area contributed by atoms with Gasteiger partial charge in [0.25, 0.3) is 0 Å². The van der Waals surface area contributed by atoms with Crippen LogP contribution in [-0.4, -0.2) is 23.5 Å². The molecule has 2 aromatic carbocycles. The van der Waals surface area contributed by atoms with Crippen LogP contribution in [0.25, 0.3) is 0 Å². The summed E-state index contributed by atoms with van der Waals surface area (Å²) < 4.78 is 13.0. The van der Waals surface area contributed by atoms with Crippen LogP contribution >= 0.6 is 0 Å². The van der Waals surface area contributed by atoms with Crippen molar-refractivity contribution in [3.05, 3.63) is 71.0 Å². The van der Waals surface area contributed by atoms with Crippen LogP contribution in [0.1, 0.15) is 28.5 Å². The predicted octanol–water partition coefficient (Wildman–Crippen LogP) is 2.70. The Morgan fingerprint density at radius 3 is 2.60 bits per heavy atom. The van der Waals surface area contributed by atoms with Crippen LogP contribution in [0, 0.1) is 17.7 Å². The molecule has 4 atom stereocenters. The lowest BCUT2D eigenvalue weighted by Crippen LogP contribution is -2.33. The minimum atomic E-state index is -1.03. The van der Waals surface area contributed by atoms with E-state index in [1.165, 1.54) is 35.4 Å². The smallest absolute Gasteiger partial charge is 0.312 e. The second kappa shape index (κ2) is 5.99. The van der Waals surface area contributed by atoms with Gasteiger partial charge >= 0.3 is 5.97 Å². The highest BCUT2D eigenvalue weighted by Gasteiger charge is 2.59. The number of nitrogens with one attached hydrogen (secondary N) is 1. The van der Waals surface area contributed by atoms with E-state index in [0.29, 0.717) is 11.5 Å². The first-order chi connectivity index (χ1) is 12.1. The van der Waals surface area contributed by atoms with E-state index in [1.807, 2.05) is 12.1 Å². The molecule has 0 saturated heterocycles. The molecule has 0 aliphatic heterocycles. The number of rotatable bonds is 5. The molecule has 0 radical (unpaired) electrons. The third-order valence-corrected chi connectivity index (χ3v) is 5.39. The molecule has 25 heavy (non-hydrogen) atoms. The fourth-order valence-corrected chi connectivity index (χ4v) is 4.07. The maximum Gasteiger partial charge on any atom is 0.312 e. The van der Waals surface area contributed by atoms with Crippen molar-refractivity contribution in [2.24, 2.45) is 11.8 Å². The Morgan fingerprint density at radius 2 is 1.88 bits per heavy atom. The second-order valence-corrected chi connectivity index (χ2v) is 6.81. The first-order valence-electron chi connectivity index (χ1n) is 8.40. The molecule has 0 bridgehead atoms. The summed E-state index contributed by atoms with van der Waals surface area (Å²) >= 11 is 0. The summed E-state index contributed by atoms with van der Waals surface area (Å²) in [6.07, 6.45) is 0.916. The summed E-state index contributed by atoms with van der Waals surface area (Å²) in [4.78, 5) is 24.0. The first kappa shape index (κ1) is 15.8. The molecule has 1 saturated carbocycles. The minimum Gasteiger partial charge on any atom is -0.481 e. The maximum absolute atomic E-state index is 13.0. The maximum atomic E-state index is 13.0. The lowest BCUT2D eigenvalue weighted by atomic mass is 9.98. The topological polar surface area (TPSA) is 66.4 Å². The van der Waals surface area contributed by atoms with E-state index in [1.54, 1.807) is 0 Å². The van der Waals surface area contributed by atoms with Crippen molar-refractivity contribution >= 4 is 11.9 Å². The highest BCUT2D eigenvalue weighted by molar-refractivity contribution is 5.85. The lowest BCUT2D eigenvalue weighted by Gasteiger charge is -2.15. The molecule has 2 aromatic rings. The monoisotopic (exact) mass is 339 g/mol. The van der Waals surface area contributed by atoms with Gasteiger partial charge in [0.2, 0.25) is 5.91 Å². The van der Waals surface area contributed by atoms with E-state index >= 15 is 0 Å². The van der Waals surface area contributed by atoms with Gasteiger partial charge in [-0.05, 0) is 47.1 Å². The van der Waals surface area contributed by atoms with Crippen LogP contribution in [0.5, 0.6) is 0 Å². The number of carbonyl (C=O) groups is 2. The molecule has 1 fully saturated rings. The third-order valence-electron chi connectivity index (χ3n) is 5.39. The van der Waals surface area contributed by atoms with Gasteiger partial charge in [-0.25, -0.2) is 4.39 Å². The molecule has 4 rings (SSSR count). The molecule has 0 heterocycles. The van der Waals surface area contributed by atoms with Gasteiger partial charge in [-0.15, -0.1) is 0 Å². The third kappa shape index (κ3) is 2.80. The van der Waals surface area contributed by atoms with Crippen LogP contribution < -0.4 is 5.32 Å². The number of fused-ring (bicyclic) bond motifs is 3. The number of amides is 1. The number of hydrogen-bond acceptors (Lipinski definition) is 2. The lowest BCUT2D eigenvalue weighted by molar-refractivity contribution is -0.138.